The van der Waals surface area contributed by atoms with Gasteiger partial charge in [-0.1, -0.05) is 25.4 Å². The zero-order valence-corrected chi connectivity index (χ0v) is 14.2. The summed E-state index contributed by atoms with van der Waals surface area (Å²) in [5.41, 5.74) is 0.104. The second-order valence-corrected chi connectivity index (χ2v) is 6.91. The van der Waals surface area contributed by atoms with Crippen LogP contribution in [0.5, 0.6) is 0 Å². The average molecular weight is 349 g/mol. The van der Waals surface area contributed by atoms with Crippen molar-refractivity contribution in [2.75, 3.05) is 26.2 Å². The lowest BCUT2D eigenvalue weighted by atomic mass is 10.2. The molecule has 1 amide bonds. The number of carbonyl (C=O) groups excluding carboxylic acids is 1. The minimum Gasteiger partial charge on any atom is -0.396 e. The number of hydrogen-bond donors (Lipinski definition) is 2. The molecule has 8 heteroatoms. The standard InChI is InChI=1S/C14H21ClN2O4S/c1-3-17(4-2)22(20,21)11-6-7-13(15)12(10-11)14(19)16-8-5-9-18/h6-7,10,18H,3-5,8-9H2,1-2H3,(H,16,19). The first kappa shape index (κ1) is 18.9. The van der Waals surface area contributed by atoms with E-state index >= 15 is 0 Å². The number of benzene rings is 1. The van der Waals surface area contributed by atoms with E-state index in [4.69, 9.17) is 16.7 Å². The van der Waals surface area contributed by atoms with Crippen molar-refractivity contribution in [1.29, 1.82) is 0 Å². The van der Waals surface area contributed by atoms with Gasteiger partial charge < -0.3 is 10.4 Å². The van der Waals surface area contributed by atoms with Crippen LogP contribution in [0.4, 0.5) is 0 Å². The van der Waals surface area contributed by atoms with E-state index in [-0.39, 0.29) is 22.1 Å². The number of nitrogens with one attached hydrogen (secondary N) is 1. The SMILES string of the molecule is CCN(CC)S(=O)(=O)c1ccc(Cl)c(C(=O)NCCCO)c1. The molecule has 0 atom stereocenters. The molecule has 124 valence electrons. The molecule has 0 aromatic heterocycles. The normalized spacial score (nSPS) is 11.7. The minimum atomic E-state index is -3.64. The minimum absolute atomic E-state index is 0.0351. The maximum atomic E-state index is 12.5. The van der Waals surface area contributed by atoms with Crippen molar-refractivity contribution >= 4 is 27.5 Å². The van der Waals surface area contributed by atoms with Gasteiger partial charge in [-0.3, -0.25) is 4.79 Å². The van der Waals surface area contributed by atoms with Crippen molar-refractivity contribution in [3.05, 3.63) is 28.8 Å². The second kappa shape index (κ2) is 8.47. The summed E-state index contributed by atoms with van der Waals surface area (Å²) in [6.45, 7) is 4.45. The van der Waals surface area contributed by atoms with Crippen LogP contribution in [-0.2, 0) is 10.0 Å². The third kappa shape index (κ3) is 4.42. The Kier molecular flexibility index (Phi) is 7.28. The summed E-state index contributed by atoms with van der Waals surface area (Å²) in [7, 11) is -3.64. The number of sulfonamides is 1. The van der Waals surface area contributed by atoms with Gasteiger partial charge in [0.05, 0.1) is 15.5 Å². The van der Waals surface area contributed by atoms with Gasteiger partial charge in [0.1, 0.15) is 0 Å². The van der Waals surface area contributed by atoms with Crippen LogP contribution in [0.3, 0.4) is 0 Å². The molecular weight excluding hydrogens is 328 g/mol. The van der Waals surface area contributed by atoms with Crippen LogP contribution in [0.2, 0.25) is 5.02 Å². The van der Waals surface area contributed by atoms with Gasteiger partial charge in [-0.25, -0.2) is 8.42 Å². The molecular formula is C14H21ClN2O4S. The number of amides is 1. The molecule has 0 heterocycles. The first-order chi connectivity index (χ1) is 10.4. The van der Waals surface area contributed by atoms with Gasteiger partial charge in [0, 0.05) is 26.2 Å². The molecule has 0 saturated heterocycles. The number of carbonyl (C=O) groups is 1. The van der Waals surface area contributed by atoms with Crippen LogP contribution in [0.1, 0.15) is 30.6 Å². The van der Waals surface area contributed by atoms with Crippen LogP contribution >= 0.6 is 11.6 Å². The monoisotopic (exact) mass is 348 g/mol. The Hall–Kier alpha value is -1.15. The second-order valence-electron chi connectivity index (χ2n) is 4.56. The topological polar surface area (TPSA) is 86.7 Å². The molecule has 2 N–H and O–H groups in total. The van der Waals surface area contributed by atoms with E-state index in [2.05, 4.69) is 5.32 Å². The predicted octanol–water partition coefficient (Wildman–Crippen LogP) is 1.48. The zero-order chi connectivity index (χ0) is 16.8. The van der Waals surface area contributed by atoms with Crippen LogP contribution in [0.25, 0.3) is 0 Å². The lowest BCUT2D eigenvalue weighted by Gasteiger charge is -2.19. The van der Waals surface area contributed by atoms with E-state index in [1.54, 1.807) is 13.8 Å². The highest BCUT2D eigenvalue weighted by molar-refractivity contribution is 7.89. The van der Waals surface area contributed by atoms with Crippen LogP contribution in [0.15, 0.2) is 23.1 Å². The van der Waals surface area contributed by atoms with E-state index in [0.29, 0.717) is 26.1 Å². The number of halogens is 1. The highest BCUT2D eigenvalue weighted by Crippen LogP contribution is 2.23. The van der Waals surface area contributed by atoms with Crippen molar-refractivity contribution in [2.45, 2.75) is 25.2 Å². The quantitative estimate of drug-likeness (QED) is 0.697. The highest BCUT2D eigenvalue weighted by Gasteiger charge is 2.23. The Morgan fingerprint density at radius 1 is 1.32 bits per heavy atom. The summed E-state index contributed by atoms with van der Waals surface area (Å²) in [6, 6.07) is 4.07. The summed E-state index contributed by atoms with van der Waals surface area (Å²) in [5, 5.41) is 11.5. The Morgan fingerprint density at radius 2 is 1.95 bits per heavy atom. The van der Waals surface area contributed by atoms with E-state index in [1.807, 2.05) is 0 Å². The van der Waals surface area contributed by atoms with Gasteiger partial charge >= 0.3 is 0 Å². The number of hydrogen-bond acceptors (Lipinski definition) is 4. The van der Waals surface area contributed by atoms with Gasteiger partial charge in [0.15, 0.2) is 0 Å². The van der Waals surface area contributed by atoms with Crippen molar-refractivity contribution in [3.8, 4) is 0 Å². The van der Waals surface area contributed by atoms with Crippen molar-refractivity contribution in [2.24, 2.45) is 0 Å². The summed E-state index contributed by atoms with van der Waals surface area (Å²) < 4.78 is 26.2. The molecule has 0 spiro atoms. The van der Waals surface area contributed by atoms with Crippen molar-refractivity contribution in [3.63, 3.8) is 0 Å². The molecule has 6 nitrogen and oxygen atoms in total. The number of aliphatic hydroxyl groups is 1. The number of aliphatic hydroxyl groups excluding tert-OH is 1. The lowest BCUT2D eigenvalue weighted by Crippen LogP contribution is -2.31. The molecule has 1 aromatic rings. The molecule has 1 rings (SSSR count). The maximum Gasteiger partial charge on any atom is 0.252 e. The Labute approximate surface area is 136 Å². The average Bonchev–Trinajstić information content (AvgIpc) is 2.48. The molecule has 22 heavy (non-hydrogen) atoms. The maximum absolute atomic E-state index is 12.5. The van der Waals surface area contributed by atoms with Crippen LogP contribution < -0.4 is 5.32 Å². The van der Waals surface area contributed by atoms with Gasteiger partial charge in [-0.15, -0.1) is 0 Å². The smallest absolute Gasteiger partial charge is 0.252 e. The van der Waals surface area contributed by atoms with Crippen molar-refractivity contribution < 1.29 is 18.3 Å². The Morgan fingerprint density at radius 3 is 2.50 bits per heavy atom. The van der Waals surface area contributed by atoms with E-state index in [1.165, 1.54) is 22.5 Å². The molecule has 0 aliphatic carbocycles. The third-order valence-corrected chi connectivity index (χ3v) is 5.52. The first-order valence-corrected chi connectivity index (χ1v) is 8.89. The van der Waals surface area contributed by atoms with E-state index in [0.717, 1.165) is 0 Å². The van der Waals surface area contributed by atoms with Gasteiger partial charge in [-0.05, 0) is 24.6 Å². The highest BCUT2D eigenvalue weighted by atomic mass is 35.5. The van der Waals surface area contributed by atoms with Gasteiger partial charge in [0.25, 0.3) is 5.91 Å². The van der Waals surface area contributed by atoms with Crippen LogP contribution in [-0.4, -0.2) is 50.0 Å². The Bertz CT molecular complexity index is 615. The van der Waals surface area contributed by atoms with Gasteiger partial charge in [0.2, 0.25) is 10.0 Å². The molecule has 0 bridgehead atoms. The van der Waals surface area contributed by atoms with Gasteiger partial charge in [-0.2, -0.15) is 4.31 Å². The summed E-state index contributed by atoms with van der Waals surface area (Å²) in [5.74, 6) is -0.463. The summed E-state index contributed by atoms with van der Waals surface area (Å²) >= 11 is 5.98. The van der Waals surface area contributed by atoms with E-state index < -0.39 is 15.9 Å². The summed E-state index contributed by atoms with van der Waals surface area (Å²) in [4.78, 5) is 12.1. The van der Waals surface area contributed by atoms with Crippen LogP contribution in [0, 0.1) is 0 Å². The molecule has 0 fully saturated rings. The third-order valence-electron chi connectivity index (χ3n) is 3.15. The fourth-order valence-electron chi connectivity index (χ4n) is 1.93. The molecule has 1 aromatic carbocycles. The first-order valence-electron chi connectivity index (χ1n) is 7.07. The molecule has 0 unspecified atom stereocenters. The van der Waals surface area contributed by atoms with Crippen molar-refractivity contribution in [1.82, 2.24) is 9.62 Å². The fourth-order valence-corrected chi connectivity index (χ4v) is 3.62. The molecule has 0 radical (unpaired) electrons. The summed E-state index contributed by atoms with van der Waals surface area (Å²) in [6.07, 6.45) is 0.417. The lowest BCUT2D eigenvalue weighted by molar-refractivity contribution is 0.0951. The number of nitrogens with zero attached hydrogens (tertiary/aromatic N) is 1. The molecule has 0 aliphatic rings. The fraction of sp³-hybridized carbons (Fsp3) is 0.500. The van der Waals surface area contributed by atoms with E-state index in [9.17, 15) is 13.2 Å². The zero-order valence-electron chi connectivity index (χ0n) is 12.7. The predicted molar refractivity (Wildman–Crippen MR) is 85.6 cm³/mol. The largest absolute Gasteiger partial charge is 0.396 e. The number of rotatable bonds is 8. The Balaban J connectivity index is 3.11. The molecule has 0 saturated carbocycles. The molecule has 0 aliphatic heterocycles.